The summed E-state index contributed by atoms with van der Waals surface area (Å²) in [4.78, 5) is 0. The molecule has 0 saturated heterocycles. The average molecular weight is 239 g/mol. The fourth-order valence-corrected chi connectivity index (χ4v) is 2.44. The second-order valence-corrected chi connectivity index (χ2v) is 4.70. The molecule has 0 radical (unpaired) electrons. The van der Waals surface area contributed by atoms with Gasteiger partial charge in [0.05, 0.1) is 0 Å². The van der Waals surface area contributed by atoms with Crippen LogP contribution in [-0.2, 0) is 0 Å². The van der Waals surface area contributed by atoms with E-state index in [9.17, 15) is 0 Å². The first-order valence-electron chi connectivity index (χ1n) is 4.95. The molecule has 2 aromatic heterocycles. The topological polar surface area (TPSA) is 30.2 Å². The van der Waals surface area contributed by atoms with Gasteiger partial charge in [-0.25, -0.2) is 0 Å². The number of hydrogen-bond acceptors (Lipinski definition) is 4. The summed E-state index contributed by atoms with van der Waals surface area (Å²) in [6.07, 6.45) is 4.33. The maximum Gasteiger partial charge on any atom is 0.195 e. The molecule has 0 aliphatic rings. The van der Waals surface area contributed by atoms with Gasteiger partial charge in [-0.1, -0.05) is 17.8 Å². The average Bonchev–Trinajstić information content (AvgIpc) is 2.68. The predicted octanol–water partition coefficient (Wildman–Crippen LogP) is 2.53. The van der Waals surface area contributed by atoms with Crippen LogP contribution in [0.1, 0.15) is 12.8 Å². The molecule has 2 aromatic rings. The summed E-state index contributed by atoms with van der Waals surface area (Å²) in [5.41, 5.74) is 0.911. The molecule has 0 spiro atoms. The number of pyridine rings is 1. The van der Waals surface area contributed by atoms with Gasteiger partial charge in [0.2, 0.25) is 0 Å². The van der Waals surface area contributed by atoms with Crippen LogP contribution in [0.4, 0.5) is 0 Å². The van der Waals surface area contributed by atoms with Crippen LogP contribution >= 0.6 is 24.4 Å². The lowest BCUT2D eigenvalue weighted by molar-refractivity contribution is 0.888. The first kappa shape index (κ1) is 10.8. The highest BCUT2D eigenvalue weighted by atomic mass is 32.2. The number of unbranched alkanes of at least 4 members (excludes halogenated alkanes) is 1. The molecule has 5 heteroatoms. The standard InChI is InChI=1S/C10H13N3S2/c14-7-3-4-8-15-10-12-11-9-5-1-2-6-13(9)10/h1-2,5-6,14H,3-4,7-8H2. The lowest BCUT2D eigenvalue weighted by Gasteiger charge is -1.98. The molecular formula is C10H13N3S2. The van der Waals surface area contributed by atoms with Gasteiger partial charge >= 0.3 is 0 Å². The van der Waals surface area contributed by atoms with Crippen LogP contribution < -0.4 is 0 Å². The van der Waals surface area contributed by atoms with Crippen molar-refractivity contribution in [2.75, 3.05) is 11.5 Å². The van der Waals surface area contributed by atoms with Crippen LogP contribution in [0.2, 0.25) is 0 Å². The van der Waals surface area contributed by atoms with E-state index in [1.165, 1.54) is 6.42 Å². The number of rotatable bonds is 5. The molecule has 0 atom stereocenters. The monoisotopic (exact) mass is 239 g/mol. The fourth-order valence-electron chi connectivity index (χ4n) is 1.30. The molecule has 80 valence electrons. The van der Waals surface area contributed by atoms with E-state index in [0.717, 1.165) is 28.7 Å². The third-order valence-electron chi connectivity index (χ3n) is 2.07. The van der Waals surface area contributed by atoms with Gasteiger partial charge in [-0.15, -0.1) is 10.2 Å². The molecule has 0 aromatic carbocycles. The Morgan fingerprint density at radius 2 is 2.20 bits per heavy atom. The van der Waals surface area contributed by atoms with E-state index in [4.69, 9.17) is 0 Å². The van der Waals surface area contributed by atoms with Crippen molar-refractivity contribution in [1.29, 1.82) is 0 Å². The van der Waals surface area contributed by atoms with Crippen molar-refractivity contribution in [2.45, 2.75) is 18.0 Å². The molecule has 0 bridgehead atoms. The third kappa shape index (κ3) is 2.66. The summed E-state index contributed by atoms with van der Waals surface area (Å²) >= 11 is 5.94. The second kappa shape index (κ2) is 5.42. The molecule has 0 fully saturated rings. The van der Waals surface area contributed by atoms with Crippen LogP contribution in [0.5, 0.6) is 0 Å². The van der Waals surface area contributed by atoms with Crippen molar-refractivity contribution in [1.82, 2.24) is 14.6 Å². The molecule has 0 unspecified atom stereocenters. The molecular weight excluding hydrogens is 226 g/mol. The Bertz CT molecular complexity index is 427. The van der Waals surface area contributed by atoms with E-state index >= 15 is 0 Å². The Morgan fingerprint density at radius 1 is 1.27 bits per heavy atom. The summed E-state index contributed by atoms with van der Waals surface area (Å²) in [6, 6.07) is 5.93. The van der Waals surface area contributed by atoms with Gasteiger partial charge in [-0.3, -0.25) is 4.40 Å². The number of fused-ring (bicyclic) bond motifs is 1. The first-order valence-corrected chi connectivity index (χ1v) is 6.57. The van der Waals surface area contributed by atoms with Crippen LogP contribution in [0.3, 0.4) is 0 Å². The maximum absolute atomic E-state index is 4.19. The molecule has 0 saturated carbocycles. The van der Waals surface area contributed by atoms with Gasteiger partial charge in [-0.05, 0) is 30.7 Å². The van der Waals surface area contributed by atoms with E-state index < -0.39 is 0 Å². The van der Waals surface area contributed by atoms with E-state index in [1.807, 2.05) is 28.8 Å². The molecule has 15 heavy (non-hydrogen) atoms. The van der Waals surface area contributed by atoms with Crippen molar-refractivity contribution >= 4 is 30.0 Å². The summed E-state index contributed by atoms with van der Waals surface area (Å²) in [6.45, 7) is 0. The fraction of sp³-hybridized carbons (Fsp3) is 0.400. The first-order chi connectivity index (χ1) is 7.42. The Balaban J connectivity index is 2.02. The summed E-state index contributed by atoms with van der Waals surface area (Å²) in [7, 11) is 0. The van der Waals surface area contributed by atoms with Crippen molar-refractivity contribution in [3.05, 3.63) is 24.4 Å². The Labute approximate surface area is 98.7 Å². The molecule has 0 N–H and O–H groups in total. The van der Waals surface area contributed by atoms with E-state index in [-0.39, 0.29) is 0 Å². The van der Waals surface area contributed by atoms with Gasteiger partial charge in [-0.2, -0.15) is 12.6 Å². The zero-order chi connectivity index (χ0) is 10.5. The van der Waals surface area contributed by atoms with Gasteiger partial charge in [0.1, 0.15) is 0 Å². The van der Waals surface area contributed by atoms with Gasteiger partial charge in [0, 0.05) is 11.9 Å². The number of nitrogens with zero attached hydrogens (tertiary/aromatic N) is 3. The largest absolute Gasteiger partial charge is 0.277 e. The third-order valence-corrected chi connectivity index (χ3v) is 3.41. The van der Waals surface area contributed by atoms with E-state index in [0.29, 0.717) is 0 Å². The molecule has 2 rings (SSSR count). The van der Waals surface area contributed by atoms with Crippen molar-refractivity contribution < 1.29 is 0 Å². The Morgan fingerprint density at radius 3 is 3.07 bits per heavy atom. The van der Waals surface area contributed by atoms with Gasteiger partial charge in [0.25, 0.3) is 0 Å². The summed E-state index contributed by atoms with van der Waals surface area (Å²) in [5, 5.41) is 9.22. The highest BCUT2D eigenvalue weighted by molar-refractivity contribution is 7.99. The van der Waals surface area contributed by atoms with Crippen LogP contribution in [-0.4, -0.2) is 26.1 Å². The summed E-state index contributed by atoms with van der Waals surface area (Å²) < 4.78 is 2.02. The van der Waals surface area contributed by atoms with Gasteiger partial charge < -0.3 is 0 Å². The van der Waals surface area contributed by atoms with Crippen molar-refractivity contribution in [3.63, 3.8) is 0 Å². The van der Waals surface area contributed by atoms with Crippen molar-refractivity contribution in [2.24, 2.45) is 0 Å². The minimum Gasteiger partial charge on any atom is -0.277 e. The van der Waals surface area contributed by atoms with Crippen molar-refractivity contribution in [3.8, 4) is 0 Å². The molecule has 0 aliphatic carbocycles. The maximum atomic E-state index is 4.19. The van der Waals surface area contributed by atoms with Gasteiger partial charge in [0.15, 0.2) is 10.8 Å². The molecule has 0 aliphatic heterocycles. The van der Waals surface area contributed by atoms with E-state index in [1.54, 1.807) is 11.8 Å². The smallest absolute Gasteiger partial charge is 0.195 e. The minimum atomic E-state index is 0.911. The lowest BCUT2D eigenvalue weighted by atomic mass is 10.4. The number of aromatic nitrogens is 3. The molecule has 3 nitrogen and oxygen atoms in total. The SMILES string of the molecule is SCCCCSc1nnc2ccccn12. The van der Waals surface area contributed by atoms with Crippen LogP contribution in [0.25, 0.3) is 5.65 Å². The summed E-state index contributed by atoms with van der Waals surface area (Å²) in [5.74, 6) is 2.04. The highest BCUT2D eigenvalue weighted by Crippen LogP contribution is 2.17. The second-order valence-electron chi connectivity index (χ2n) is 3.19. The van der Waals surface area contributed by atoms with E-state index in [2.05, 4.69) is 22.8 Å². The Kier molecular flexibility index (Phi) is 3.91. The Hall–Kier alpha value is -0.680. The zero-order valence-corrected chi connectivity index (χ0v) is 10.0. The quantitative estimate of drug-likeness (QED) is 0.494. The number of hydrogen-bond donors (Lipinski definition) is 1. The highest BCUT2D eigenvalue weighted by Gasteiger charge is 2.03. The normalized spacial score (nSPS) is 11.0. The number of thioether (sulfide) groups is 1. The molecule has 0 amide bonds. The molecule has 2 heterocycles. The lowest BCUT2D eigenvalue weighted by Crippen LogP contribution is -1.88. The van der Waals surface area contributed by atoms with Crippen LogP contribution in [0, 0.1) is 0 Å². The number of thiol groups is 1. The minimum absolute atomic E-state index is 0.911. The zero-order valence-electron chi connectivity index (χ0n) is 8.33. The predicted molar refractivity (Wildman–Crippen MR) is 66.8 cm³/mol. The van der Waals surface area contributed by atoms with Crippen LogP contribution in [0.15, 0.2) is 29.6 Å².